The van der Waals surface area contributed by atoms with Gasteiger partial charge in [-0.2, -0.15) is 0 Å². The first-order chi connectivity index (χ1) is 22.2. The molecule has 3 aromatic rings. The van der Waals surface area contributed by atoms with Crippen molar-refractivity contribution in [1.29, 1.82) is 0 Å². The molecule has 46 heavy (non-hydrogen) atoms. The Morgan fingerprint density at radius 2 is 1.80 bits per heavy atom. The molecule has 1 saturated carbocycles. The summed E-state index contributed by atoms with van der Waals surface area (Å²) in [6.07, 6.45) is 6.54. The third kappa shape index (κ3) is 6.95. The average Bonchev–Trinajstić information content (AvgIpc) is 3.05. The number of hydrogen-bond acceptors (Lipinski definition) is 7. The van der Waals surface area contributed by atoms with Crippen LogP contribution in [0.5, 0.6) is 11.5 Å². The summed E-state index contributed by atoms with van der Waals surface area (Å²) in [5, 5.41) is 3.57. The largest absolute Gasteiger partial charge is 0.493 e. The summed E-state index contributed by atoms with van der Waals surface area (Å²) in [4.78, 5) is 37.0. The minimum absolute atomic E-state index is 0.0158. The third-order valence-corrected chi connectivity index (χ3v) is 9.72. The molecule has 1 aliphatic carbocycles. The van der Waals surface area contributed by atoms with E-state index >= 15 is 0 Å². The smallest absolute Gasteiger partial charge is 0.234 e. The molecular weight excluding hydrogens is 602 g/mol. The number of fused-ring (bicyclic) bond motifs is 1. The quantitative estimate of drug-likeness (QED) is 0.323. The maximum absolute atomic E-state index is 13.9. The zero-order valence-corrected chi connectivity index (χ0v) is 27.9. The number of methoxy groups -OCH3 is 1. The first-order valence-electron chi connectivity index (χ1n) is 16.3. The van der Waals surface area contributed by atoms with Gasteiger partial charge in [0.25, 0.3) is 0 Å². The Labute approximate surface area is 276 Å². The number of carbonyl (C=O) groups is 2. The summed E-state index contributed by atoms with van der Waals surface area (Å²) >= 11 is 6.27. The molecule has 3 aliphatic rings. The minimum Gasteiger partial charge on any atom is -0.493 e. The maximum atomic E-state index is 13.9. The van der Waals surface area contributed by atoms with Crippen LogP contribution in [-0.2, 0) is 16.0 Å². The number of aromatic nitrogens is 1. The molecule has 2 amide bonds. The molecule has 6 rings (SSSR count). The molecular formula is C36H44ClN5O4. The fourth-order valence-electron chi connectivity index (χ4n) is 7.22. The summed E-state index contributed by atoms with van der Waals surface area (Å²) in [6.45, 7) is 7.11. The van der Waals surface area contributed by atoms with Crippen LogP contribution in [0.3, 0.4) is 0 Å². The van der Waals surface area contributed by atoms with E-state index in [9.17, 15) is 9.59 Å². The van der Waals surface area contributed by atoms with Crippen LogP contribution >= 0.6 is 11.6 Å². The van der Waals surface area contributed by atoms with E-state index < -0.39 is 0 Å². The van der Waals surface area contributed by atoms with E-state index in [-0.39, 0.29) is 30.4 Å². The predicted molar refractivity (Wildman–Crippen MR) is 181 cm³/mol. The average molecular weight is 646 g/mol. The first-order valence-corrected chi connectivity index (χ1v) is 16.7. The van der Waals surface area contributed by atoms with E-state index in [4.69, 9.17) is 26.1 Å². The number of carbonyl (C=O) groups excluding carboxylic acids is 2. The number of ether oxygens (including phenoxy) is 2. The van der Waals surface area contributed by atoms with Gasteiger partial charge >= 0.3 is 0 Å². The summed E-state index contributed by atoms with van der Waals surface area (Å²) in [5.41, 5.74) is 3.58. The van der Waals surface area contributed by atoms with Gasteiger partial charge in [0.05, 0.1) is 44.1 Å². The van der Waals surface area contributed by atoms with Crippen LogP contribution in [0.4, 0.5) is 11.5 Å². The van der Waals surface area contributed by atoms with Gasteiger partial charge in [0.1, 0.15) is 5.82 Å². The second-order valence-corrected chi connectivity index (χ2v) is 13.4. The Bertz CT molecular complexity index is 1540. The number of halogens is 1. The van der Waals surface area contributed by atoms with Gasteiger partial charge in [-0.25, -0.2) is 4.98 Å². The molecule has 10 heteroatoms. The molecule has 0 radical (unpaired) electrons. The minimum atomic E-state index is -0.388. The number of piperazine rings is 1. The van der Waals surface area contributed by atoms with Gasteiger partial charge in [0, 0.05) is 37.7 Å². The van der Waals surface area contributed by atoms with E-state index in [0.29, 0.717) is 35.0 Å². The van der Waals surface area contributed by atoms with Gasteiger partial charge in [-0.3, -0.25) is 19.4 Å². The van der Waals surface area contributed by atoms with Gasteiger partial charge in [0.15, 0.2) is 11.5 Å². The van der Waals surface area contributed by atoms with Gasteiger partial charge < -0.3 is 19.7 Å². The molecule has 1 N–H and O–H groups in total. The summed E-state index contributed by atoms with van der Waals surface area (Å²) in [5.74, 6) is 2.85. The number of rotatable bonds is 9. The van der Waals surface area contributed by atoms with Gasteiger partial charge in [0.2, 0.25) is 11.8 Å². The molecule has 244 valence electrons. The second-order valence-electron chi connectivity index (χ2n) is 13.0. The highest BCUT2D eigenvalue weighted by Gasteiger charge is 2.36. The highest BCUT2D eigenvalue weighted by Crippen LogP contribution is 2.44. The molecule has 0 bridgehead atoms. The number of nitrogens with zero attached hydrogens (tertiary/aromatic N) is 4. The van der Waals surface area contributed by atoms with Crippen LogP contribution < -0.4 is 24.6 Å². The van der Waals surface area contributed by atoms with Crippen molar-refractivity contribution < 1.29 is 19.1 Å². The molecule has 2 fully saturated rings. The van der Waals surface area contributed by atoms with Crippen molar-refractivity contribution in [1.82, 2.24) is 15.2 Å². The Balaban J connectivity index is 1.21. The van der Waals surface area contributed by atoms with E-state index in [1.165, 1.54) is 0 Å². The number of benzene rings is 2. The van der Waals surface area contributed by atoms with Gasteiger partial charge in [-0.1, -0.05) is 23.7 Å². The first kappa shape index (κ1) is 32.1. The van der Waals surface area contributed by atoms with Gasteiger partial charge in [-0.15, -0.1) is 0 Å². The Morgan fingerprint density at radius 1 is 1.04 bits per heavy atom. The van der Waals surface area contributed by atoms with Crippen molar-refractivity contribution in [3.63, 3.8) is 0 Å². The molecule has 0 spiro atoms. The summed E-state index contributed by atoms with van der Waals surface area (Å²) in [6, 6.07) is 15.7. The number of amides is 2. The standard InChI is InChI=1S/C36H44ClN5O4/c1-23(2)46-32-19-30-26(17-31(32)45-4)18-35(44)42(36(30)25-7-9-27(37)10-8-25)29-13-14-33(39-20-29)40(3)21-24-5-11-28(12-6-24)41-16-15-38-34(43)22-41/h7-10,13-14,17,19-20,23-24,28,36H,5-6,11-12,15-16,18,21-22H2,1-4H3,(H,38,43)/t24?,28?,36-/m0/s1. The van der Waals surface area contributed by atoms with E-state index in [2.05, 4.69) is 22.2 Å². The van der Waals surface area contributed by atoms with E-state index in [1.807, 2.05) is 73.5 Å². The Kier molecular flexibility index (Phi) is 9.70. The normalized spacial score (nSPS) is 22.0. The van der Waals surface area contributed by atoms with E-state index in [1.54, 1.807) is 7.11 Å². The SMILES string of the molecule is COc1cc2c(cc1OC(C)C)[C@H](c1ccc(Cl)cc1)N(c1ccc(N(C)CC3CCC(N4CCNC(=O)C4)CC3)nc1)C(=O)C2. The zero-order valence-electron chi connectivity index (χ0n) is 27.2. The Hall–Kier alpha value is -3.82. The maximum Gasteiger partial charge on any atom is 0.234 e. The van der Waals surface area contributed by atoms with Gasteiger partial charge in [-0.05, 0) is 98.5 Å². The van der Waals surface area contributed by atoms with Crippen molar-refractivity contribution in [3.05, 3.63) is 76.4 Å². The van der Waals surface area contributed by atoms with Crippen molar-refractivity contribution >= 4 is 34.9 Å². The monoisotopic (exact) mass is 645 g/mol. The molecule has 1 atom stereocenters. The fourth-order valence-corrected chi connectivity index (χ4v) is 7.34. The fraction of sp³-hybridized carbons (Fsp3) is 0.472. The van der Waals surface area contributed by atoms with Crippen LogP contribution in [0.1, 0.15) is 62.3 Å². The molecule has 9 nitrogen and oxygen atoms in total. The number of hydrogen-bond donors (Lipinski definition) is 1. The lowest BCUT2D eigenvalue weighted by atomic mass is 9.84. The van der Waals surface area contributed by atoms with Crippen LogP contribution in [0, 0.1) is 5.92 Å². The van der Waals surface area contributed by atoms with Crippen molar-refractivity contribution in [3.8, 4) is 11.5 Å². The van der Waals surface area contributed by atoms with Crippen LogP contribution in [-0.4, -0.2) is 74.2 Å². The van der Waals surface area contributed by atoms with Crippen molar-refractivity contribution in [2.75, 3.05) is 50.1 Å². The molecule has 1 saturated heterocycles. The summed E-state index contributed by atoms with van der Waals surface area (Å²) < 4.78 is 11.8. The topological polar surface area (TPSA) is 87.2 Å². The second kappa shape index (κ2) is 13.9. The van der Waals surface area contributed by atoms with E-state index in [0.717, 1.165) is 73.5 Å². The highest BCUT2D eigenvalue weighted by atomic mass is 35.5. The number of pyridine rings is 1. The third-order valence-electron chi connectivity index (χ3n) is 9.47. The van der Waals surface area contributed by atoms with Crippen LogP contribution in [0.15, 0.2) is 54.7 Å². The molecule has 1 aromatic heterocycles. The molecule has 0 unspecified atom stereocenters. The van der Waals surface area contributed by atoms with Crippen LogP contribution in [0.2, 0.25) is 5.02 Å². The summed E-state index contributed by atoms with van der Waals surface area (Å²) in [7, 11) is 3.71. The predicted octanol–water partition coefficient (Wildman–Crippen LogP) is 5.64. The molecule has 2 aromatic carbocycles. The van der Waals surface area contributed by atoms with Crippen molar-refractivity contribution in [2.24, 2.45) is 5.92 Å². The lowest BCUT2D eigenvalue weighted by molar-refractivity contribution is -0.125. The van der Waals surface area contributed by atoms with Crippen molar-refractivity contribution in [2.45, 2.75) is 64.1 Å². The molecule has 3 heterocycles. The number of nitrogens with one attached hydrogen (secondary N) is 1. The zero-order chi connectivity index (χ0) is 32.4. The Morgan fingerprint density at radius 3 is 2.46 bits per heavy atom. The highest BCUT2D eigenvalue weighted by molar-refractivity contribution is 6.30. The lowest BCUT2D eigenvalue weighted by Crippen LogP contribution is -2.52. The lowest BCUT2D eigenvalue weighted by Gasteiger charge is -2.39. The molecule has 2 aliphatic heterocycles. The number of anilines is 2. The van der Waals surface area contributed by atoms with Crippen LogP contribution in [0.25, 0.3) is 0 Å².